The minimum atomic E-state index is -0.0648. The lowest BCUT2D eigenvalue weighted by atomic mass is 10.1. The van der Waals surface area contributed by atoms with Crippen LogP contribution in [0.1, 0.15) is 12.8 Å². The van der Waals surface area contributed by atoms with Crippen LogP contribution in [0.2, 0.25) is 0 Å². The molecule has 0 radical (unpaired) electrons. The predicted molar refractivity (Wildman–Crippen MR) is 30.0 cm³/mol. The highest BCUT2D eigenvalue weighted by atomic mass is 16.3. The Kier molecular flexibility index (Phi) is 0.733. The average Bonchev–Trinajstić information content (AvgIpc) is 2.23. The molecule has 1 fully saturated rings. The van der Waals surface area contributed by atoms with Gasteiger partial charge in [-0.2, -0.15) is 0 Å². The van der Waals surface area contributed by atoms with Crippen molar-refractivity contribution in [3.05, 3.63) is 12.2 Å². The third-order valence-electron chi connectivity index (χ3n) is 2.11. The van der Waals surface area contributed by atoms with Crippen molar-refractivity contribution in [2.24, 2.45) is 11.8 Å². The monoisotopic (exact) mass is 109 g/mol. The van der Waals surface area contributed by atoms with Gasteiger partial charge in [-0.25, -0.2) is 0 Å². The molecule has 1 heteroatoms. The van der Waals surface area contributed by atoms with Gasteiger partial charge in [-0.3, -0.25) is 0 Å². The zero-order chi connectivity index (χ0) is 5.56. The van der Waals surface area contributed by atoms with E-state index in [-0.39, 0.29) is 6.10 Å². The van der Waals surface area contributed by atoms with Crippen molar-refractivity contribution in [2.45, 2.75) is 18.9 Å². The molecular formula is C7H9O+. The third kappa shape index (κ3) is 0.432. The van der Waals surface area contributed by atoms with Crippen LogP contribution in [-0.4, -0.2) is 11.2 Å². The summed E-state index contributed by atoms with van der Waals surface area (Å²) in [6.45, 7) is 0. The molecule has 0 aromatic carbocycles. The molecule has 0 amide bonds. The fraction of sp³-hybridized carbons (Fsp3) is 0.714. The van der Waals surface area contributed by atoms with Gasteiger partial charge in [0, 0.05) is 12.3 Å². The molecule has 42 valence electrons. The van der Waals surface area contributed by atoms with Gasteiger partial charge in [-0.1, -0.05) is 0 Å². The van der Waals surface area contributed by atoms with Crippen LogP contribution >= 0.6 is 0 Å². The maximum atomic E-state index is 9.14. The summed E-state index contributed by atoms with van der Waals surface area (Å²) in [6, 6.07) is 0. The fourth-order valence-corrected chi connectivity index (χ4v) is 1.63. The van der Waals surface area contributed by atoms with Crippen LogP contribution in [0.15, 0.2) is 6.08 Å². The lowest BCUT2D eigenvalue weighted by Gasteiger charge is -1.99. The Labute approximate surface area is 49.0 Å². The minimum Gasteiger partial charge on any atom is -0.388 e. The molecule has 0 saturated heterocycles. The van der Waals surface area contributed by atoms with Crippen LogP contribution in [0.4, 0.5) is 0 Å². The van der Waals surface area contributed by atoms with Crippen molar-refractivity contribution in [1.29, 1.82) is 0 Å². The van der Waals surface area contributed by atoms with Crippen LogP contribution in [0.3, 0.4) is 0 Å². The van der Waals surface area contributed by atoms with E-state index in [9.17, 15) is 0 Å². The molecule has 2 rings (SSSR count). The number of aliphatic hydroxyl groups excluding tert-OH is 1. The summed E-state index contributed by atoms with van der Waals surface area (Å²) in [4.78, 5) is 0. The minimum absolute atomic E-state index is 0.0648. The highest BCUT2D eigenvalue weighted by molar-refractivity contribution is 5.05. The van der Waals surface area contributed by atoms with Crippen LogP contribution < -0.4 is 0 Å². The van der Waals surface area contributed by atoms with E-state index in [1.54, 1.807) is 0 Å². The van der Waals surface area contributed by atoms with Gasteiger partial charge in [0.05, 0.1) is 0 Å². The normalized spacial score (nSPS) is 49.9. The molecule has 3 unspecified atom stereocenters. The average molecular weight is 109 g/mol. The van der Waals surface area contributed by atoms with Crippen LogP contribution in [0.25, 0.3) is 0 Å². The second-order valence-electron chi connectivity index (χ2n) is 2.74. The topological polar surface area (TPSA) is 20.2 Å². The summed E-state index contributed by atoms with van der Waals surface area (Å²) in [5.74, 6) is 1.05. The molecule has 1 nitrogen and oxygen atoms in total. The van der Waals surface area contributed by atoms with E-state index in [0.717, 1.165) is 12.8 Å². The predicted octanol–water partition coefficient (Wildman–Crippen LogP) is 0.746. The van der Waals surface area contributed by atoms with E-state index in [0.29, 0.717) is 11.8 Å². The maximum absolute atomic E-state index is 9.14. The third-order valence-corrected chi connectivity index (χ3v) is 2.11. The zero-order valence-electron chi connectivity index (χ0n) is 4.67. The van der Waals surface area contributed by atoms with Gasteiger partial charge >= 0.3 is 0 Å². The molecule has 0 aliphatic heterocycles. The molecule has 2 aliphatic rings. The summed E-state index contributed by atoms with van der Waals surface area (Å²) in [7, 11) is 0. The summed E-state index contributed by atoms with van der Waals surface area (Å²) in [5.41, 5.74) is 0. The molecule has 1 saturated carbocycles. The molecule has 0 spiro atoms. The smallest absolute Gasteiger partial charge is 0.224 e. The quantitative estimate of drug-likeness (QED) is 0.455. The molecule has 8 heavy (non-hydrogen) atoms. The highest BCUT2D eigenvalue weighted by Crippen LogP contribution is 2.37. The Morgan fingerprint density at radius 1 is 1.50 bits per heavy atom. The Bertz CT molecular complexity index is 128. The second-order valence-corrected chi connectivity index (χ2v) is 2.74. The largest absolute Gasteiger partial charge is 0.388 e. The van der Waals surface area contributed by atoms with Gasteiger partial charge in [0.15, 0.2) is 6.08 Å². The van der Waals surface area contributed by atoms with E-state index in [1.807, 2.05) is 0 Å². The number of allylic oxidation sites excluding steroid dienone is 1. The van der Waals surface area contributed by atoms with Crippen molar-refractivity contribution < 1.29 is 5.11 Å². The van der Waals surface area contributed by atoms with Crippen LogP contribution in [-0.2, 0) is 0 Å². The van der Waals surface area contributed by atoms with Gasteiger partial charge in [0.1, 0.15) is 6.10 Å². The van der Waals surface area contributed by atoms with Crippen LogP contribution in [0.5, 0.6) is 0 Å². The SMILES string of the molecule is OC1CC2C=[C+]C1C2. The highest BCUT2D eigenvalue weighted by Gasteiger charge is 2.44. The van der Waals surface area contributed by atoms with E-state index >= 15 is 0 Å². The van der Waals surface area contributed by atoms with Gasteiger partial charge < -0.3 is 5.11 Å². The van der Waals surface area contributed by atoms with Gasteiger partial charge in [-0.15, -0.1) is 0 Å². The van der Waals surface area contributed by atoms with E-state index in [2.05, 4.69) is 12.2 Å². The number of hydrogen-bond acceptors (Lipinski definition) is 1. The molecule has 3 atom stereocenters. The summed E-state index contributed by atoms with van der Waals surface area (Å²) < 4.78 is 0. The van der Waals surface area contributed by atoms with E-state index < -0.39 is 0 Å². The summed E-state index contributed by atoms with van der Waals surface area (Å²) in [6.07, 6.45) is 7.31. The van der Waals surface area contributed by atoms with Crippen molar-refractivity contribution in [3.63, 3.8) is 0 Å². The molecule has 2 bridgehead atoms. The first-order valence-corrected chi connectivity index (χ1v) is 3.14. The molecule has 2 aliphatic carbocycles. The number of aliphatic hydroxyl groups is 1. The van der Waals surface area contributed by atoms with Crippen molar-refractivity contribution in [3.8, 4) is 0 Å². The number of rotatable bonds is 0. The first kappa shape index (κ1) is 4.49. The lowest BCUT2D eigenvalue weighted by Crippen LogP contribution is -2.11. The Balaban J connectivity index is 2.23. The number of hydrogen-bond donors (Lipinski definition) is 1. The Morgan fingerprint density at radius 2 is 2.38 bits per heavy atom. The lowest BCUT2D eigenvalue weighted by molar-refractivity contribution is 0.145. The molecule has 0 heterocycles. The van der Waals surface area contributed by atoms with Gasteiger partial charge in [0.25, 0.3) is 0 Å². The Hall–Kier alpha value is -0.390. The molecule has 0 aromatic heterocycles. The zero-order valence-corrected chi connectivity index (χ0v) is 4.67. The Morgan fingerprint density at radius 3 is 2.62 bits per heavy atom. The van der Waals surface area contributed by atoms with Crippen molar-refractivity contribution in [1.82, 2.24) is 0 Å². The molecule has 1 N–H and O–H groups in total. The number of fused-ring (bicyclic) bond motifs is 2. The summed E-state index contributed by atoms with van der Waals surface area (Å²) >= 11 is 0. The first-order valence-electron chi connectivity index (χ1n) is 3.14. The molecular weight excluding hydrogens is 100 g/mol. The van der Waals surface area contributed by atoms with Crippen molar-refractivity contribution in [2.75, 3.05) is 0 Å². The fourth-order valence-electron chi connectivity index (χ4n) is 1.63. The standard InChI is InChI=1S/C7H9O/c8-7-4-5-1-2-6(7)3-5/h1,5-8H,3-4H2/q+1. The van der Waals surface area contributed by atoms with Crippen LogP contribution in [0, 0.1) is 17.9 Å². The maximum Gasteiger partial charge on any atom is 0.224 e. The van der Waals surface area contributed by atoms with Gasteiger partial charge in [0.2, 0.25) is 12.0 Å². The summed E-state index contributed by atoms with van der Waals surface area (Å²) in [5, 5.41) is 9.14. The van der Waals surface area contributed by atoms with Gasteiger partial charge in [-0.05, 0) is 6.42 Å². The first-order chi connectivity index (χ1) is 3.86. The van der Waals surface area contributed by atoms with Crippen molar-refractivity contribution >= 4 is 0 Å². The van der Waals surface area contributed by atoms with E-state index in [4.69, 9.17) is 5.11 Å². The molecule has 0 aromatic rings. The second kappa shape index (κ2) is 1.31. The van der Waals surface area contributed by atoms with E-state index in [1.165, 1.54) is 0 Å².